The summed E-state index contributed by atoms with van der Waals surface area (Å²) < 4.78 is 15.4. The number of esters is 1. The van der Waals surface area contributed by atoms with Gasteiger partial charge in [0, 0.05) is 0 Å². The number of hydrogen-bond acceptors (Lipinski definition) is 4. The Balaban J connectivity index is 1.76. The van der Waals surface area contributed by atoms with Gasteiger partial charge in [0.2, 0.25) is 0 Å². The van der Waals surface area contributed by atoms with Gasteiger partial charge >= 0.3 is 5.97 Å². The largest absolute Gasteiger partial charge is 0.472 e. The van der Waals surface area contributed by atoms with Gasteiger partial charge in [-0.25, -0.2) is 4.79 Å². The van der Waals surface area contributed by atoms with Gasteiger partial charge in [-0.3, -0.25) is 0 Å². The Morgan fingerprint density at radius 3 is 3.07 bits per heavy atom. The van der Waals surface area contributed by atoms with Crippen LogP contribution in [-0.4, -0.2) is 24.8 Å². The van der Waals surface area contributed by atoms with Gasteiger partial charge in [0.1, 0.15) is 12.9 Å². The molecule has 0 radical (unpaired) electrons. The molecule has 15 heavy (non-hydrogen) atoms. The van der Waals surface area contributed by atoms with Crippen LogP contribution >= 0.6 is 0 Å². The van der Waals surface area contributed by atoms with E-state index in [0.717, 1.165) is 12.8 Å². The predicted molar refractivity (Wildman–Crippen MR) is 52.6 cm³/mol. The van der Waals surface area contributed by atoms with Crippen molar-refractivity contribution in [2.75, 3.05) is 6.61 Å². The van der Waals surface area contributed by atoms with Gasteiger partial charge in [-0.05, 0) is 25.8 Å². The second-order valence-electron chi connectivity index (χ2n) is 3.76. The molecule has 0 bridgehead atoms. The third kappa shape index (κ3) is 2.59. The van der Waals surface area contributed by atoms with E-state index in [4.69, 9.17) is 13.9 Å². The molecule has 0 aliphatic carbocycles. The maximum atomic E-state index is 11.4. The molecule has 1 fully saturated rings. The first-order valence-electron chi connectivity index (χ1n) is 5.10. The summed E-state index contributed by atoms with van der Waals surface area (Å²) in [6.07, 6.45) is 5.15. The van der Waals surface area contributed by atoms with Gasteiger partial charge in [0.05, 0.1) is 24.0 Å². The molecule has 0 N–H and O–H groups in total. The van der Waals surface area contributed by atoms with E-state index in [2.05, 4.69) is 0 Å². The quantitative estimate of drug-likeness (QED) is 0.716. The fourth-order valence-corrected chi connectivity index (χ4v) is 1.64. The molecule has 2 rings (SSSR count). The van der Waals surface area contributed by atoms with E-state index in [1.807, 2.05) is 6.92 Å². The Kier molecular flexibility index (Phi) is 3.06. The van der Waals surface area contributed by atoms with Crippen molar-refractivity contribution in [1.82, 2.24) is 0 Å². The molecule has 1 aliphatic rings. The minimum absolute atomic E-state index is 0.0517. The molecule has 4 nitrogen and oxygen atoms in total. The second-order valence-corrected chi connectivity index (χ2v) is 3.76. The Morgan fingerprint density at radius 1 is 1.60 bits per heavy atom. The minimum Gasteiger partial charge on any atom is -0.472 e. The lowest BCUT2D eigenvalue weighted by atomic mass is 10.2. The lowest BCUT2D eigenvalue weighted by Gasteiger charge is -2.10. The third-order valence-corrected chi connectivity index (χ3v) is 2.48. The average Bonchev–Trinajstić information content (AvgIpc) is 2.84. The van der Waals surface area contributed by atoms with Crippen molar-refractivity contribution in [1.29, 1.82) is 0 Å². The summed E-state index contributed by atoms with van der Waals surface area (Å²) >= 11 is 0. The Labute approximate surface area is 88.2 Å². The Bertz CT molecular complexity index is 317. The van der Waals surface area contributed by atoms with Crippen LogP contribution < -0.4 is 0 Å². The first-order chi connectivity index (χ1) is 7.25. The number of carbonyl (C=O) groups excluding carboxylic acids is 1. The van der Waals surface area contributed by atoms with Crippen LogP contribution in [0.3, 0.4) is 0 Å². The number of furan rings is 1. The van der Waals surface area contributed by atoms with Crippen molar-refractivity contribution in [2.24, 2.45) is 0 Å². The van der Waals surface area contributed by atoms with E-state index < -0.39 is 0 Å². The molecule has 82 valence electrons. The molecule has 2 heterocycles. The normalized spacial score (nSPS) is 25.4. The van der Waals surface area contributed by atoms with Crippen LogP contribution in [0.2, 0.25) is 0 Å². The SMILES string of the molecule is C[C@H]1CC[C@@H](COC(=O)c2ccoc2)O1. The highest BCUT2D eigenvalue weighted by Crippen LogP contribution is 2.19. The standard InChI is InChI=1S/C11H14O4/c1-8-2-3-10(15-8)7-14-11(12)9-4-5-13-6-9/h4-6,8,10H,2-3,7H2,1H3/t8-,10-/m0/s1. The molecule has 1 aromatic rings. The van der Waals surface area contributed by atoms with Gasteiger partial charge in [0.15, 0.2) is 0 Å². The topological polar surface area (TPSA) is 48.7 Å². The van der Waals surface area contributed by atoms with Gasteiger partial charge in [0.25, 0.3) is 0 Å². The number of hydrogen-bond donors (Lipinski definition) is 0. The summed E-state index contributed by atoms with van der Waals surface area (Å²) in [5, 5.41) is 0. The fraction of sp³-hybridized carbons (Fsp3) is 0.545. The molecule has 1 aliphatic heterocycles. The van der Waals surface area contributed by atoms with Crippen molar-refractivity contribution in [3.63, 3.8) is 0 Å². The lowest BCUT2D eigenvalue weighted by Crippen LogP contribution is -2.18. The summed E-state index contributed by atoms with van der Waals surface area (Å²) in [6.45, 7) is 2.35. The van der Waals surface area contributed by atoms with Crippen molar-refractivity contribution in [2.45, 2.75) is 32.0 Å². The van der Waals surface area contributed by atoms with Crippen molar-refractivity contribution in [3.8, 4) is 0 Å². The van der Waals surface area contributed by atoms with Crippen LogP contribution in [0.4, 0.5) is 0 Å². The molecule has 0 saturated carbocycles. The molecule has 1 aromatic heterocycles. The molecule has 4 heteroatoms. The van der Waals surface area contributed by atoms with Crippen LogP contribution in [0.1, 0.15) is 30.1 Å². The van der Waals surface area contributed by atoms with E-state index >= 15 is 0 Å². The Morgan fingerprint density at radius 2 is 2.47 bits per heavy atom. The van der Waals surface area contributed by atoms with E-state index in [1.54, 1.807) is 6.07 Å². The van der Waals surface area contributed by atoms with Crippen LogP contribution in [-0.2, 0) is 9.47 Å². The van der Waals surface area contributed by atoms with E-state index in [-0.39, 0.29) is 18.2 Å². The molecule has 2 atom stereocenters. The zero-order chi connectivity index (χ0) is 10.7. The summed E-state index contributed by atoms with van der Waals surface area (Å²) in [4.78, 5) is 11.4. The van der Waals surface area contributed by atoms with E-state index in [9.17, 15) is 4.79 Å². The number of carbonyl (C=O) groups is 1. The maximum Gasteiger partial charge on any atom is 0.341 e. The van der Waals surface area contributed by atoms with E-state index in [0.29, 0.717) is 12.2 Å². The van der Waals surface area contributed by atoms with Crippen LogP contribution in [0.25, 0.3) is 0 Å². The van der Waals surface area contributed by atoms with Gasteiger partial charge in [-0.15, -0.1) is 0 Å². The van der Waals surface area contributed by atoms with E-state index in [1.165, 1.54) is 12.5 Å². The highest BCUT2D eigenvalue weighted by atomic mass is 16.6. The molecule has 1 saturated heterocycles. The average molecular weight is 210 g/mol. The van der Waals surface area contributed by atoms with Crippen molar-refractivity contribution < 1.29 is 18.7 Å². The van der Waals surface area contributed by atoms with Crippen LogP contribution in [0, 0.1) is 0 Å². The second kappa shape index (κ2) is 4.49. The zero-order valence-corrected chi connectivity index (χ0v) is 8.64. The molecule has 0 unspecified atom stereocenters. The van der Waals surface area contributed by atoms with Crippen molar-refractivity contribution in [3.05, 3.63) is 24.2 Å². The van der Waals surface area contributed by atoms with Gasteiger partial charge in [-0.2, -0.15) is 0 Å². The number of ether oxygens (including phenoxy) is 2. The summed E-state index contributed by atoms with van der Waals surface area (Å²) in [7, 11) is 0. The lowest BCUT2D eigenvalue weighted by molar-refractivity contribution is -0.00269. The molecule has 0 aromatic carbocycles. The Hall–Kier alpha value is -1.29. The zero-order valence-electron chi connectivity index (χ0n) is 8.64. The number of rotatable bonds is 3. The summed E-state index contributed by atoms with van der Waals surface area (Å²) in [5.41, 5.74) is 0.445. The molecular formula is C11H14O4. The van der Waals surface area contributed by atoms with Gasteiger partial charge < -0.3 is 13.9 Å². The molecular weight excluding hydrogens is 196 g/mol. The van der Waals surface area contributed by atoms with Gasteiger partial charge in [-0.1, -0.05) is 0 Å². The minimum atomic E-state index is -0.355. The first kappa shape index (κ1) is 10.2. The summed E-state index contributed by atoms with van der Waals surface area (Å²) in [6, 6.07) is 1.58. The highest BCUT2D eigenvalue weighted by Gasteiger charge is 2.23. The van der Waals surface area contributed by atoms with Crippen LogP contribution in [0.15, 0.2) is 23.0 Å². The third-order valence-electron chi connectivity index (χ3n) is 2.48. The molecule has 0 amide bonds. The van der Waals surface area contributed by atoms with Crippen LogP contribution in [0.5, 0.6) is 0 Å². The first-order valence-corrected chi connectivity index (χ1v) is 5.10. The smallest absolute Gasteiger partial charge is 0.341 e. The monoisotopic (exact) mass is 210 g/mol. The molecule has 0 spiro atoms. The maximum absolute atomic E-state index is 11.4. The fourth-order valence-electron chi connectivity index (χ4n) is 1.64. The summed E-state index contributed by atoms with van der Waals surface area (Å²) in [5.74, 6) is -0.355. The van der Waals surface area contributed by atoms with Crippen molar-refractivity contribution >= 4 is 5.97 Å². The highest BCUT2D eigenvalue weighted by molar-refractivity contribution is 5.88. The predicted octanol–water partition coefficient (Wildman–Crippen LogP) is 2.00.